The molecule has 1 heterocycles. The van der Waals surface area contributed by atoms with E-state index in [0.29, 0.717) is 16.3 Å². The number of halogens is 2. The van der Waals surface area contributed by atoms with Gasteiger partial charge in [0.25, 0.3) is 0 Å². The minimum absolute atomic E-state index is 0.310. The predicted molar refractivity (Wildman–Crippen MR) is 78.4 cm³/mol. The first-order valence-corrected chi connectivity index (χ1v) is 6.63. The summed E-state index contributed by atoms with van der Waals surface area (Å²) >= 11 is 5.99. The van der Waals surface area contributed by atoms with Crippen LogP contribution >= 0.6 is 11.6 Å². The van der Waals surface area contributed by atoms with Crippen LogP contribution in [0, 0.1) is 12.7 Å². The zero-order valence-corrected chi connectivity index (χ0v) is 11.6. The standard InChI is InChI=1S/C16H13ClFNO/c1-9-13-8-11(17)5-6-14(13)20-16(9)15(19)10-3-2-4-12(18)7-10/h2-8,15H,19H2,1H3. The van der Waals surface area contributed by atoms with E-state index < -0.39 is 6.04 Å². The molecular formula is C16H13ClFNO. The number of furan rings is 1. The average Bonchev–Trinajstić information content (AvgIpc) is 2.75. The van der Waals surface area contributed by atoms with Crippen LogP contribution in [0.1, 0.15) is 22.9 Å². The van der Waals surface area contributed by atoms with Gasteiger partial charge in [-0.3, -0.25) is 0 Å². The Morgan fingerprint density at radius 3 is 2.75 bits per heavy atom. The van der Waals surface area contributed by atoms with Crippen LogP contribution in [0.5, 0.6) is 0 Å². The van der Waals surface area contributed by atoms with Gasteiger partial charge in [-0.1, -0.05) is 23.7 Å². The second kappa shape index (κ2) is 4.93. The topological polar surface area (TPSA) is 39.2 Å². The highest BCUT2D eigenvalue weighted by Gasteiger charge is 2.19. The molecule has 1 aromatic heterocycles. The molecule has 0 aliphatic heterocycles. The zero-order chi connectivity index (χ0) is 14.3. The van der Waals surface area contributed by atoms with Crippen molar-refractivity contribution >= 4 is 22.6 Å². The largest absolute Gasteiger partial charge is 0.459 e. The highest BCUT2D eigenvalue weighted by atomic mass is 35.5. The van der Waals surface area contributed by atoms with Crippen molar-refractivity contribution in [2.45, 2.75) is 13.0 Å². The van der Waals surface area contributed by atoms with Gasteiger partial charge in [0.15, 0.2) is 0 Å². The van der Waals surface area contributed by atoms with E-state index in [2.05, 4.69) is 0 Å². The molecule has 0 amide bonds. The van der Waals surface area contributed by atoms with E-state index in [0.717, 1.165) is 16.5 Å². The van der Waals surface area contributed by atoms with Crippen molar-refractivity contribution < 1.29 is 8.81 Å². The number of fused-ring (bicyclic) bond motifs is 1. The molecular weight excluding hydrogens is 277 g/mol. The van der Waals surface area contributed by atoms with Gasteiger partial charge in [-0.05, 0) is 42.8 Å². The lowest BCUT2D eigenvalue weighted by Gasteiger charge is -2.10. The fraction of sp³-hybridized carbons (Fsp3) is 0.125. The fourth-order valence-corrected chi connectivity index (χ4v) is 2.53. The maximum atomic E-state index is 13.3. The van der Waals surface area contributed by atoms with E-state index >= 15 is 0 Å². The van der Waals surface area contributed by atoms with Gasteiger partial charge in [-0.2, -0.15) is 0 Å². The minimum atomic E-state index is -0.503. The van der Waals surface area contributed by atoms with E-state index in [1.165, 1.54) is 12.1 Å². The lowest BCUT2D eigenvalue weighted by atomic mass is 10.0. The summed E-state index contributed by atoms with van der Waals surface area (Å²) < 4.78 is 19.1. The van der Waals surface area contributed by atoms with Gasteiger partial charge in [0.1, 0.15) is 17.2 Å². The molecule has 20 heavy (non-hydrogen) atoms. The van der Waals surface area contributed by atoms with Gasteiger partial charge in [0.05, 0.1) is 6.04 Å². The van der Waals surface area contributed by atoms with Crippen LogP contribution in [0.4, 0.5) is 4.39 Å². The highest BCUT2D eigenvalue weighted by Crippen LogP contribution is 2.33. The summed E-state index contributed by atoms with van der Waals surface area (Å²) in [5.41, 5.74) is 8.53. The predicted octanol–water partition coefficient (Wildman–Crippen LogP) is 4.58. The molecule has 0 radical (unpaired) electrons. The first-order chi connectivity index (χ1) is 9.56. The fourth-order valence-electron chi connectivity index (χ4n) is 2.36. The Labute approximate surface area is 121 Å². The van der Waals surface area contributed by atoms with Crippen molar-refractivity contribution in [1.29, 1.82) is 0 Å². The van der Waals surface area contributed by atoms with Crippen LogP contribution in [0.3, 0.4) is 0 Å². The lowest BCUT2D eigenvalue weighted by Crippen LogP contribution is -2.12. The van der Waals surface area contributed by atoms with Crippen LogP contribution < -0.4 is 5.73 Å². The Balaban J connectivity index is 2.12. The normalized spacial score (nSPS) is 12.8. The quantitative estimate of drug-likeness (QED) is 0.750. The smallest absolute Gasteiger partial charge is 0.134 e. The van der Waals surface area contributed by atoms with Gasteiger partial charge in [-0.15, -0.1) is 0 Å². The van der Waals surface area contributed by atoms with Gasteiger partial charge in [0, 0.05) is 16.0 Å². The number of hydrogen-bond acceptors (Lipinski definition) is 2. The SMILES string of the molecule is Cc1c(C(N)c2cccc(F)c2)oc2ccc(Cl)cc12. The van der Waals surface area contributed by atoms with Crippen molar-refractivity contribution in [1.82, 2.24) is 0 Å². The Kier molecular flexibility index (Phi) is 3.24. The van der Waals surface area contributed by atoms with E-state index in [1.54, 1.807) is 18.2 Å². The Hall–Kier alpha value is -1.84. The number of nitrogens with two attached hydrogens (primary N) is 1. The van der Waals surface area contributed by atoms with Crippen molar-refractivity contribution in [3.63, 3.8) is 0 Å². The Morgan fingerprint density at radius 1 is 1.20 bits per heavy atom. The number of aryl methyl sites for hydroxylation is 1. The van der Waals surface area contributed by atoms with Crippen molar-refractivity contribution in [2.75, 3.05) is 0 Å². The molecule has 3 aromatic rings. The summed E-state index contributed by atoms with van der Waals surface area (Å²) in [6.45, 7) is 1.93. The first kappa shape index (κ1) is 13.2. The van der Waals surface area contributed by atoms with Crippen LogP contribution in [-0.2, 0) is 0 Å². The summed E-state index contributed by atoms with van der Waals surface area (Å²) in [5, 5.41) is 1.58. The zero-order valence-electron chi connectivity index (χ0n) is 10.9. The molecule has 0 aliphatic rings. The number of rotatable bonds is 2. The van der Waals surface area contributed by atoms with Crippen LogP contribution in [0.2, 0.25) is 5.02 Å². The van der Waals surface area contributed by atoms with E-state index in [9.17, 15) is 4.39 Å². The molecule has 0 bridgehead atoms. The summed E-state index contributed by atoms with van der Waals surface area (Å²) in [6.07, 6.45) is 0. The average molecular weight is 290 g/mol. The van der Waals surface area contributed by atoms with Gasteiger partial charge in [-0.25, -0.2) is 4.39 Å². The van der Waals surface area contributed by atoms with E-state index in [-0.39, 0.29) is 5.82 Å². The van der Waals surface area contributed by atoms with E-state index in [1.807, 2.05) is 19.1 Å². The maximum Gasteiger partial charge on any atom is 0.134 e. The second-order valence-electron chi connectivity index (χ2n) is 4.76. The first-order valence-electron chi connectivity index (χ1n) is 6.26. The Morgan fingerprint density at radius 2 is 2.00 bits per heavy atom. The third-order valence-corrected chi connectivity index (χ3v) is 3.66. The van der Waals surface area contributed by atoms with E-state index in [4.69, 9.17) is 21.8 Å². The van der Waals surface area contributed by atoms with Crippen molar-refractivity contribution in [3.8, 4) is 0 Å². The molecule has 1 unspecified atom stereocenters. The molecule has 1 atom stereocenters. The molecule has 4 heteroatoms. The summed E-state index contributed by atoms with van der Waals surface area (Å²) in [6, 6.07) is 11.2. The summed E-state index contributed by atoms with van der Waals surface area (Å²) in [4.78, 5) is 0. The van der Waals surface area contributed by atoms with Gasteiger partial charge >= 0.3 is 0 Å². The number of hydrogen-bond donors (Lipinski definition) is 1. The summed E-state index contributed by atoms with van der Waals surface area (Å²) in [7, 11) is 0. The molecule has 2 N–H and O–H groups in total. The van der Waals surface area contributed by atoms with Crippen LogP contribution in [0.15, 0.2) is 46.9 Å². The molecule has 2 nitrogen and oxygen atoms in total. The lowest BCUT2D eigenvalue weighted by molar-refractivity contribution is 0.519. The maximum absolute atomic E-state index is 13.3. The van der Waals surface area contributed by atoms with Gasteiger partial charge < -0.3 is 10.2 Å². The van der Waals surface area contributed by atoms with Gasteiger partial charge in [0.2, 0.25) is 0 Å². The molecule has 2 aromatic carbocycles. The second-order valence-corrected chi connectivity index (χ2v) is 5.20. The third kappa shape index (κ3) is 2.19. The molecule has 0 spiro atoms. The third-order valence-electron chi connectivity index (χ3n) is 3.43. The Bertz CT molecular complexity index is 781. The number of benzene rings is 2. The minimum Gasteiger partial charge on any atom is -0.459 e. The monoisotopic (exact) mass is 289 g/mol. The molecule has 0 aliphatic carbocycles. The highest BCUT2D eigenvalue weighted by molar-refractivity contribution is 6.31. The van der Waals surface area contributed by atoms with Crippen molar-refractivity contribution in [3.05, 3.63) is 70.2 Å². The van der Waals surface area contributed by atoms with Crippen molar-refractivity contribution in [2.24, 2.45) is 5.73 Å². The molecule has 0 fully saturated rings. The molecule has 0 saturated heterocycles. The molecule has 102 valence electrons. The molecule has 3 rings (SSSR count). The summed E-state index contributed by atoms with van der Waals surface area (Å²) in [5.74, 6) is 0.322. The molecule has 0 saturated carbocycles. The van der Waals surface area contributed by atoms with Crippen LogP contribution in [0.25, 0.3) is 11.0 Å². The van der Waals surface area contributed by atoms with Crippen LogP contribution in [-0.4, -0.2) is 0 Å².